The highest BCUT2D eigenvalue weighted by molar-refractivity contribution is 5.85. The van der Waals surface area contributed by atoms with Gasteiger partial charge in [-0.15, -0.1) is 0 Å². The number of hydrogen-bond acceptors (Lipinski definition) is 5. The average Bonchev–Trinajstić information content (AvgIpc) is 3.31. The second kappa shape index (κ2) is 7.23. The van der Waals surface area contributed by atoms with E-state index in [0.717, 1.165) is 39.5 Å². The van der Waals surface area contributed by atoms with Crippen molar-refractivity contribution in [1.29, 1.82) is 0 Å². The molecule has 0 aliphatic carbocycles. The third kappa shape index (κ3) is 2.85. The fourth-order valence-corrected chi connectivity index (χ4v) is 4.44. The molecule has 6 rings (SSSR count). The topological polar surface area (TPSA) is 61.2 Å². The van der Waals surface area contributed by atoms with Crippen molar-refractivity contribution in [3.05, 3.63) is 107 Å². The summed E-state index contributed by atoms with van der Waals surface area (Å²) in [6, 6.07) is 22.0. The number of hydrogen-bond donors (Lipinski definition) is 1. The summed E-state index contributed by atoms with van der Waals surface area (Å²) >= 11 is 0. The molecule has 0 radical (unpaired) electrons. The van der Waals surface area contributed by atoms with Gasteiger partial charge in [0.05, 0.1) is 12.8 Å². The van der Waals surface area contributed by atoms with E-state index in [0.29, 0.717) is 5.95 Å². The molecular weight excluding hydrogens is 407 g/mol. The number of methoxy groups -OCH3 is 1. The van der Waals surface area contributed by atoms with Crippen LogP contribution in [-0.4, -0.2) is 21.9 Å². The zero-order chi connectivity index (χ0) is 21.7. The largest absolute Gasteiger partial charge is 0.497 e. The lowest BCUT2D eigenvalue weighted by Gasteiger charge is -2.39. The second-order valence-electron chi connectivity index (χ2n) is 7.70. The van der Waals surface area contributed by atoms with Crippen molar-refractivity contribution in [1.82, 2.24) is 14.8 Å². The first-order valence-electron chi connectivity index (χ1n) is 10.3. The molecule has 32 heavy (non-hydrogen) atoms. The van der Waals surface area contributed by atoms with Crippen LogP contribution in [0.2, 0.25) is 0 Å². The first-order chi connectivity index (χ1) is 15.7. The Labute approximate surface area is 183 Å². The van der Waals surface area contributed by atoms with E-state index < -0.39 is 6.10 Å². The van der Waals surface area contributed by atoms with Gasteiger partial charge in [0, 0.05) is 11.1 Å². The summed E-state index contributed by atoms with van der Waals surface area (Å²) in [5.74, 6) is 1.90. The fourth-order valence-electron chi connectivity index (χ4n) is 4.44. The van der Waals surface area contributed by atoms with E-state index in [1.54, 1.807) is 19.2 Å². The number of aromatic nitrogens is 3. The number of para-hydroxylation sites is 1. The van der Waals surface area contributed by atoms with Crippen LogP contribution in [0.15, 0.2) is 84.7 Å². The van der Waals surface area contributed by atoms with Gasteiger partial charge in [0.15, 0.2) is 0 Å². The van der Waals surface area contributed by atoms with Crippen molar-refractivity contribution >= 4 is 11.6 Å². The maximum Gasteiger partial charge on any atom is 0.226 e. The number of benzene rings is 3. The van der Waals surface area contributed by atoms with Gasteiger partial charge >= 0.3 is 0 Å². The number of halogens is 1. The Morgan fingerprint density at radius 3 is 2.50 bits per heavy atom. The summed E-state index contributed by atoms with van der Waals surface area (Å²) in [6.45, 7) is 0. The van der Waals surface area contributed by atoms with E-state index >= 15 is 0 Å². The van der Waals surface area contributed by atoms with Crippen LogP contribution >= 0.6 is 0 Å². The van der Waals surface area contributed by atoms with Gasteiger partial charge in [0.2, 0.25) is 5.95 Å². The molecule has 1 N–H and O–H groups in total. The van der Waals surface area contributed by atoms with Crippen molar-refractivity contribution in [2.45, 2.75) is 12.1 Å². The summed E-state index contributed by atoms with van der Waals surface area (Å²) < 4.78 is 27.4. The molecule has 3 heterocycles. The molecule has 0 amide bonds. The Morgan fingerprint density at radius 2 is 1.72 bits per heavy atom. The van der Waals surface area contributed by atoms with Gasteiger partial charge in [-0.1, -0.05) is 36.4 Å². The highest BCUT2D eigenvalue weighted by atomic mass is 19.1. The standard InChI is InChI=1S/C25H19FN4O2/c1-31-18-12-8-15(9-13-18)23-21-22(29-25-27-14-28-30(23)25)19-4-2-3-5-20(19)32-24(21)16-6-10-17(26)11-7-16/h2-14,23-24H,1H3,(H,27,28,29). The van der Waals surface area contributed by atoms with Gasteiger partial charge in [0.25, 0.3) is 0 Å². The molecule has 0 spiro atoms. The van der Waals surface area contributed by atoms with Gasteiger partial charge in [-0.25, -0.2) is 9.07 Å². The second-order valence-corrected chi connectivity index (χ2v) is 7.70. The summed E-state index contributed by atoms with van der Waals surface area (Å²) in [5.41, 5.74) is 4.74. The van der Waals surface area contributed by atoms with Crippen molar-refractivity contribution in [2.24, 2.45) is 0 Å². The Bertz CT molecular complexity index is 1330. The Hall–Kier alpha value is -4.13. The summed E-state index contributed by atoms with van der Waals surface area (Å²) in [5, 5.41) is 7.97. The molecule has 3 aromatic carbocycles. The van der Waals surface area contributed by atoms with Crippen LogP contribution in [0.4, 0.5) is 10.3 Å². The van der Waals surface area contributed by atoms with Gasteiger partial charge < -0.3 is 14.8 Å². The number of ether oxygens (including phenoxy) is 2. The lowest BCUT2D eigenvalue weighted by molar-refractivity contribution is 0.223. The highest BCUT2D eigenvalue weighted by Gasteiger charge is 2.40. The minimum absolute atomic E-state index is 0.266. The molecule has 2 aliphatic heterocycles. The van der Waals surface area contributed by atoms with Gasteiger partial charge in [-0.2, -0.15) is 10.1 Å². The van der Waals surface area contributed by atoms with Crippen LogP contribution in [0.5, 0.6) is 11.5 Å². The number of nitrogens with zero attached hydrogens (tertiary/aromatic N) is 3. The third-order valence-electron chi connectivity index (χ3n) is 5.93. The number of anilines is 1. The zero-order valence-corrected chi connectivity index (χ0v) is 17.2. The van der Waals surface area contributed by atoms with Crippen LogP contribution in [0.1, 0.15) is 28.8 Å². The minimum atomic E-state index is -0.433. The van der Waals surface area contributed by atoms with Crippen LogP contribution in [0, 0.1) is 5.82 Å². The first kappa shape index (κ1) is 18.6. The molecule has 2 unspecified atom stereocenters. The van der Waals surface area contributed by atoms with E-state index in [-0.39, 0.29) is 11.9 Å². The number of rotatable bonds is 3. The predicted octanol–water partition coefficient (Wildman–Crippen LogP) is 4.99. The van der Waals surface area contributed by atoms with Crippen molar-refractivity contribution in [3.63, 3.8) is 0 Å². The van der Waals surface area contributed by atoms with Gasteiger partial charge in [-0.3, -0.25) is 0 Å². The van der Waals surface area contributed by atoms with E-state index in [9.17, 15) is 4.39 Å². The summed E-state index contributed by atoms with van der Waals surface area (Å²) in [6.07, 6.45) is 1.11. The quantitative estimate of drug-likeness (QED) is 0.500. The Balaban J connectivity index is 1.60. The Kier molecular flexibility index (Phi) is 4.21. The minimum Gasteiger partial charge on any atom is -0.497 e. The maximum atomic E-state index is 13.7. The molecule has 2 atom stereocenters. The van der Waals surface area contributed by atoms with Gasteiger partial charge in [-0.05, 0) is 47.5 Å². The molecule has 2 aliphatic rings. The van der Waals surface area contributed by atoms with Gasteiger partial charge in [0.1, 0.15) is 35.8 Å². The molecule has 0 fully saturated rings. The van der Waals surface area contributed by atoms with E-state index in [1.165, 1.54) is 18.5 Å². The molecule has 6 nitrogen and oxygen atoms in total. The van der Waals surface area contributed by atoms with Crippen molar-refractivity contribution in [2.75, 3.05) is 12.4 Å². The predicted molar refractivity (Wildman–Crippen MR) is 118 cm³/mol. The molecule has 7 heteroatoms. The fraction of sp³-hybridized carbons (Fsp3) is 0.120. The molecule has 0 bridgehead atoms. The van der Waals surface area contributed by atoms with Crippen molar-refractivity contribution < 1.29 is 13.9 Å². The lowest BCUT2D eigenvalue weighted by Crippen LogP contribution is -2.32. The van der Waals surface area contributed by atoms with Crippen LogP contribution in [0.25, 0.3) is 5.70 Å². The molecule has 0 saturated heterocycles. The normalized spacial score (nSPS) is 18.7. The van der Waals surface area contributed by atoms with E-state index in [4.69, 9.17) is 9.47 Å². The number of nitrogens with one attached hydrogen (secondary N) is 1. The van der Waals surface area contributed by atoms with Crippen LogP contribution in [-0.2, 0) is 0 Å². The third-order valence-corrected chi connectivity index (χ3v) is 5.93. The lowest BCUT2D eigenvalue weighted by atomic mass is 9.84. The number of fused-ring (bicyclic) bond motifs is 3. The van der Waals surface area contributed by atoms with E-state index in [1.807, 2.05) is 53.2 Å². The summed E-state index contributed by atoms with van der Waals surface area (Å²) in [4.78, 5) is 4.43. The van der Waals surface area contributed by atoms with Crippen LogP contribution in [0.3, 0.4) is 0 Å². The SMILES string of the molecule is COc1ccc(C2C3=C(Nc4ncnn42)c2ccccc2OC3c2ccc(F)cc2)cc1. The molecular formula is C25H19FN4O2. The molecule has 1 aromatic heterocycles. The van der Waals surface area contributed by atoms with E-state index in [2.05, 4.69) is 15.4 Å². The molecule has 4 aromatic rings. The summed E-state index contributed by atoms with van der Waals surface area (Å²) in [7, 11) is 1.65. The maximum absolute atomic E-state index is 13.7. The molecule has 0 saturated carbocycles. The highest BCUT2D eigenvalue weighted by Crippen LogP contribution is 2.50. The first-order valence-corrected chi connectivity index (χ1v) is 10.3. The monoisotopic (exact) mass is 426 g/mol. The van der Waals surface area contributed by atoms with Crippen molar-refractivity contribution in [3.8, 4) is 11.5 Å². The average molecular weight is 426 g/mol. The van der Waals surface area contributed by atoms with Crippen LogP contribution < -0.4 is 14.8 Å². The smallest absolute Gasteiger partial charge is 0.226 e. The molecule has 158 valence electrons. The Morgan fingerprint density at radius 1 is 0.969 bits per heavy atom. The zero-order valence-electron chi connectivity index (χ0n) is 17.2.